The van der Waals surface area contributed by atoms with Crippen molar-refractivity contribution in [3.05, 3.63) is 0 Å². The zero-order chi connectivity index (χ0) is 20.1. The molecule has 0 heterocycles. The smallest absolute Gasteiger partial charge is 0.0786 e. The minimum absolute atomic E-state index is 0. The van der Waals surface area contributed by atoms with Crippen molar-refractivity contribution in [2.24, 2.45) is 0 Å². The Morgan fingerprint density at radius 2 is 0.536 bits per heavy atom. The van der Waals surface area contributed by atoms with E-state index in [4.69, 9.17) is 0 Å². The maximum Gasteiger partial charge on any atom is 0.0786 e. The number of quaternary nitrogens is 1. The van der Waals surface area contributed by atoms with Gasteiger partial charge in [0.1, 0.15) is 0 Å². The molecule has 0 amide bonds. The van der Waals surface area contributed by atoms with Crippen LogP contribution in [0, 0.1) is 0 Å². The monoisotopic (exact) mass is 509 g/mol. The highest BCUT2D eigenvalue weighted by Gasteiger charge is 2.25. The van der Waals surface area contributed by atoms with Crippen LogP contribution in [0.1, 0.15) is 143 Å². The van der Waals surface area contributed by atoms with Crippen LogP contribution in [0.25, 0.3) is 0 Å². The van der Waals surface area contributed by atoms with Gasteiger partial charge in [0, 0.05) is 0 Å². The Labute approximate surface area is 197 Å². The molecule has 0 radical (unpaired) electrons. The maximum absolute atomic E-state index is 2.34. The van der Waals surface area contributed by atoms with Gasteiger partial charge in [-0.25, -0.2) is 0 Å². The molecular weight excluding hydrogens is 453 g/mol. The Hall–Kier alpha value is 0.690. The van der Waals surface area contributed by atoms with E-state index in [1.807, 2.05) is 0 Å². The molecule has 0 aliphatic rings. The van der Waals surface area contributed by atoms with E-state index in [9.17, 15) is 0 Å². The summed E-state index contributed by atoms with van der Waals surface area (Å²) < 4.78 is 1.46. The summed E-state index contributed by atoms with van der Waals surface area (Å²) in [6, 6.07) is 0. The van der Waals surface area contributed by atoms with E-state index in [1.165, 1.54) is 146 Å². The first-order valence-corrected chi connectivity index (χ1v) is 13.1. The first kappa shape index (κ1) is 30.9. The minimum Gasteiger partial charge on any atom is -1.00 e. The Balaban J connectivity index is 0. The Bertz CT molecular complexity index is 248. The molecule has 0 aromatic heterocycles. The van der Waals surface area contributed by atoms with Crippen LogP contribution < -0.4 is 24.0 Å². The van der Waals surface area contributed by atoms with E-state index < -0.39 is 0 Å². The molecule has 0 aromatic rings. The fraction of sp³-hybridized carbons (Fsp3) is 1.00. The second kappa shape index (κ2) is 24.0. The average Bonchev–Trinajstić information content (AvgIpc) is 2.68. The highest BCUT2D eigenvalue weighted by Crippen LogP contribution is 2.19. The summed E-state index contributed by atoms with van der Waals surface area (Å²) in [5.41, 5.74) is 0. The van der Waals surface area contributed by atoms with Gasteiger partial charge in [0.05, 0.1) is 26.2 Å². The lowest BCUT2D eigenvalue weighted by molar-refractivity contribution is -0.929. The van der Waals surface area contributed by atoms with Crippen molar-refractivity contribution in [2.45, 2.75) is 143 Å². The molecule has 28 heavy (non-hydrogen) atoms. The molecule has 0 bridgehead atoms. The molecule has 0 unspecified atom stereocenters. The first-order chi connectivity index (χ1) is 13.2. The number of unbranched alkanes of at least 4 members (excludes halogenated alkanes) is 14. The van der Waals surface area contributed by atoms with Crippen LogP contribution in [0.3, 0.4) is 0 Å². The van der Waals surface area contributed by atoms with Gasteiger partial charge in [0.2, 0.25) is 0 Å². The number of hydrogen-bond acceptors (Lipinski definition) is 0. The minimum atomic E-state index is 0. The number of halogens is 1. The molecule has 0 aliphatic heterocycles. The molecule has 0 saturated heterocycles. The predicted molar refractivity (Wildman–Crippen MR) is 126 cm³/mol. The third kappa shape index (κ3) is 18.7. The molecule has 0 atom stereocenters. The van der Waals surface area contributed by atoms with E-state index in [0.29, 0.717) is 0 Å². The zero-order valence-electron chi connectivity index (χ0n) is 20.4. The van der Waals surface area contributed by atoms with Crippen molar-refractivity contribution >= 4 is 0 Å². The van der Waals surface area contributed by atoms with E-state index >= 15 is 0 Å². The third-order valence-electron chi connectivity index (χ3n) is 6.44. The van der Waals surface area contributed by atoms with E-state index in [2.05, 4.69) is 27.7 Å². The van der Waals surface area contributed by atoms with Crippen LogP contribution in [0.2, 0.25) is 0 Å². The van der Waals surface area contributed by atoms with Crippen LogP contribution in [0.15, 0.2) is 0 Å². The number of hydrogen-bond donors (Lipinski definition) is 0. The molecule has 0 saturated carbocycles. The van der Waals surface area contributed by atoms with Crippen LogP contribution in [0.5, 0.6) is 0 Å². The fourth-order valence-corrected chi connectivity index (χ4v) is 4.52. The molecule has 0 N–H and O–H groups in total. The van der Waals surface area contributed by atoms with Crippen LogP contribution in [-0.4, -0.2) is 30.7 Å². The normalized spacial score (nSPS) is 11.6. The molecule has 0 rings (SSSR count). The molecule has 0 spiro atoms. The summed E-state index contributed by atoms with van der Waals surface area (Å²) in [5.74, 6) is 0. The third-order valence-corrected chi connectivity index (χ3v) is 6.44. The van der Waals surface area contributed by atoms with Crippen LogP contribution in [0.4, 0.5) is 0 Å². The lowest BCUT2D eigenvalue weighted by Gasteiger charge is -2.39. The quantitative estimate of drug-likeness (QED) is 0.0967. The molecule has 2 heteroatoms. The van der Waals surface area contributed by atoms with Crippen molar-refractivity contribution in [1.29, 1.82) is 0 Å². The van der Waals surface area contributed by atoms with Gasteiger partial charge < -0.3 is 28.5 Å². The van der Waals surface area contributed by atoms with Gasteiger partial charge in [-0.1, -0.05) is 91.9 Å². The Morgan fingerprint density at radius 1 is 0.321 bits per heavy atom. The van der Waals surface area contributed by atoms with Crippen molar-refractivity contribution in [3.63, 3.8) is 0 Å². The van der Waals surface area contributed by atoms with E-state index in [-0.39, 0.29) is 24.0 Å². The molecule has 0 fully saturated rings. The summed E-state index contributed by atoms with van der Waals surface area (Å²) in [6.45, 7) is 15.2. The summed E-state index contributed by atoms with van der Waals surface area (Å²) >= 11 is 0. The lowest BCUT2D eigenvalue weighted by atomic mass is 10.1. The summed E-state index contributed by atoms with van der Waals surface area (Å²) in [6.07, 6.45) is 25.8. The van der Waals surface area contributed by atoms with Crippen molar-refractivity contribution in [1.82, 2.24) is 0 Å². The SMILES string of the molecule is CCCCCCCC[N+](CCCCCC)(CCCCCC)CCCCCC.[I-]. The second-order valence-corrected chi connectivity index (χ2v) is 9.19. The van der Waals surface area contributed by atoms with E-state index in [1.54, 1.807) is 0 Å². The van der Waals surface area contributed by atoms with Crippen molar-refractivity contribution in [2.75, 3.05) is 26.2 Å². The molecule has 1 nitrogen and oxygen atoms in total. The molecule has 172 valence electrons. The van der Waals surface area contributed by atoms with Gasteiger partial charge >= 0.3 is 0 Å². The van der Waals surface area contributed by atoms with Gasteiger partial charge in [0.15, 0.2) is 0 Å². The average molecular weight is 510 g/mol. The topological polar surface area (TPSA) is 0 Å². The van der Waals surface area contributed by atoms with Gasteiger partial charge in [-0.15, -0.1) is 0 Å². The van der Waals surface area contributed by atoms with Gasteiger partial charge in [0.25, 0.3) is 0 Å². The highest BCUT2D eigenvalue weighted by molar-refractivity contribution is 4.53. The van der Waals surface area contributed by atoms with Crippen molar-refractivity contribution < 1.29 is 28.5 Å². The van der Waals surface area contributed by atoms with Crippen LogP contribution in [-0.2, 0) is 0 Å². The zero-order valence-corrected chi connectivity index (χ0v) is 22.5. The standard InChI is InChI=1S/C26H56N.HI/c1-5-9-13-17-18-22-26-27(23-19-14-10-6-2,24-20-15-11-7-3)25-21-16-12-8-4;/h5-26H2,1-4H3;1H/q+1;/p-1. The Kier molecular flexibility index (Phi) is 26.4. The maximum atomic E-state index is 2.34. The van der Waals surface area contributed by atoms with Crippen LogP contribution >= 0.6 is 0 Å². The fourth-order valence-electron chi connectivity index (χ4n) is 4.52. The molecule has 0 aliphatic carbocycles. The number of rotatable bonds is 22. The first-order valence-electron chi connectivity index (χ1n) is 13.1. The molecular formula is C26H56IN. The summed E-state index contributed by atoms with van der Waals surface area (Å²) in [5, 5.41) is 0. The van der Waals surface area contributed by atoms with Crippen molar-refractivity contribution in [3.8, 4) is 0 Å². The summed E-state index contributed by atoms with van der Waals surface area (Å²) in [7, 11) is 0. The summed E-state index contributed by atoms with van der Waals surface area (Å²) in [4.78, 5) is 0. The Morgan fingerprint density at radius 3 is 0.821 bits per heavy atom. The second-order valence-electron chi connectivity index (χ2n) is 9.19. The largest absolute Gasteiger partial charge is 1.00 e. The van der Waals surface area contributed by atoms with E-state index in [0.717, 1.165) is 0 Å². The predicted octanol–water partition coefficient (Wildman–Crippen LogP) is 5.91. The van der Waals surface area contributed by atoms with Gasteiger partial charge in [-0.3, -0.25) is 0 Å². The highest BCUT2D eigenvalue weighted by atomic mass is 127. The lowest BCUT2D eigenvalue weighted by Crippen LogP contribution is -3.00. The molecule has 0 aromatic carbocycles. The van der Waals surface area contributed by atoms with Gasteiger partial charge in [-0.2, -0.15) is 0 Å². The number of nitrogens with zero attached hydrogens (tertiary/aromatic N) is 1. The van der Waals surface area contributed by atoms with Gasteiger partial charge in [-0.05, 0) is 51.4 Å².